The number of aliphatic carboxylic acids is 1. The minimum atomic E-state index is -1.07. The van der Waals surface area contributed by atoms with Crippen LogP contribution in [0, 0.1) is 0 Å². The van der Waals surface area contributed by atoms with Crippen molar-refractivity contribution in [2.75, 3.05) is 0 Å². The molecule has 0 aromatic carbocycles. The molecule has 0 aliphatic heterocycles. The summed E-state index contributed by atoms with van der Waals surface area (Å²) in [6, 6.07) is 0. The first-order chi connectivity index (χ1) is 7.63. The molecule has 0 saturated carbocycles. The number of amides is 1. The average molecular weight is 227 g/mol. The Labute approximate surface area is 96.7 Å². The van der Waals surface area contributed by atoms with Crippen LogP contribution in [0.3, 0.4) is 0 Å². The number of nitrogens with one attached hydrogen (secondary N) is 1. The number of allylic oxidation sites excluding steroid dienone is 1. The van der Waals surface area contributed by atoms with Crippen molar-refractivity contribution in [1.29, 1.82) is 0 Å². The molecule has 2 N–H and O–H groups in total. The fourth-order valence-electron chi connectivity index (χ4n) is 1.55. The topological polar surface area (TPSA) is 66.4 Å². The second-order valence-electron chi connectivity index (χ2n) is 3.89. The first-order valence-electron chi connectivity index (χ1n) is 5.76. The molecule has 1 amide bonds. The van der Waals surface area contributed by atoms with Crippen molar-refractivity contribution in [2.45, 2.75) is 52.4 Å². The predicted octanol–water partition coefficient (Wildman–Crippen LogP) is 2.45. The molecule has 0 saturated heterocycles. The van der Waals surface area contributed by atoms with Crippen molar-refractivity contribution in [3.05, 3.63) is 11.3 Å². The largest absolute Gasteiger partial charge is 0.477 e. The van der Waals surface area contributed by atoms with Gasteiger partial charge in [0.15, 0.2) is 0 Å². The number of hydrogen-bond acceptors (Lipinski definition) is 2. The molecule has 0 unspecified atom stereocenters. The Hall–Kier alpha value is -1.32. The lowest BCUT2D eigenvalue weighted by Crippen LogP contribution is -2.20. The van der Waals surface area contributed by atoms with Crippen molar-refractivity contribution in [3.8, 4) is 0 Å². The van der Waals surface area contributed by atoms with E-state index in [-0.39, 0.29) is 5.70 Å². The molecule has 0 atom stereocenters. The molecule has 0 rings (SSSR count). The van der Waals surface area contributed by atoms with Gasteiger partial charge < -0.3 is 10.4 Å². The molecule has 4 nitrogen and oxygen atoms in total. The zero-order chi connectivity index (χ0) is 12.4. The summed E-state index contributed by atoms with van der Waals surface area (Å²) in [6.07, 6.45) is 6.83. The summed E-state index contributed by atoms with van der Waals surface area (Å²) in [5.74, 6) is -1.07. The third-order valence-electron chi connectivity index (χ3n) is 2.50. The molecule has 0 radical (unpaired) electrons. The van der Waals surface area contributed by atoms with E-state index in [1.165, 1.54) is 19.3 Å². The SMILES string of the molecule is CCCCCCCC(C)=C(NC=O)C(=O)O. The lowest BCUT2D eigenvalue weighted by atomic mass is 10.1. The Morgan fingerprint density at radius 2 is 1.88 bits per heavy atom. The van der Waals surface area contributed by atoms with E-state index in [4.69, 9.17) is 5.11 Å². The maximum absolute atomic E-state index is 10.8. The molecule has 16 heavy (non-hydrogen) atoms. The average Bonchev–Trinajstić information content (AvgIpc) is 2.24. The summed E-state index contributed by atoms with van der Waals surface area (Å²) in [4.78, 5) is 21.0. The molecule has 0 spiro atoms. The van der Waals surface area contributed by atoms with Crippen LogP contribution in [-0.4, -0.2) is 17.5 Å². The minimum absolute atomic E-state index is 0.0190. The van der Waals surface area contributed by atoms with E-state index in [1.54, 1.807) is 6.92 Å². The van der Waals surface area contributed by atoms with E-state index in [0.29, 0.717) is 6.41 Å². The van der Waals surface area contributed by atoms with Crippen LogP contribution in [0.2, 0.25) is 0 Å². The van der Waals surface area contributed by atoms with Gasteiger partial charge in [-0.2, -0.15) is 0 Å². The Balaban J connectivity index is 4.06. The number of carboxylic acids is 1. The van der Waals surface area contributed by atoms with Crippen LogP contribution < -0.4 is 5.32 Å². The number of rotatable bonds is 9. The second-order valence-corrected chi connectivity index (χ2v) is 3.89. The highest BCUT2D eigenvalue weighted by Gasteiger charge is 2.09. The molecule has 0 heterocycles. The molecule has 0 aliphatic carbocycles. The maximum atomic E-state index is 10.8. The van der Waals surface area contributed by atoms with Crippen LogP contribution >= 0.6 is 0 Å². The van der Waals surface area contributed by atoms with Gasteiger partial charge in [0, 0.05) is 0 Å². The van der Waals surface area contributed by atoms with Crippen LogP contribution in [0.1, 0.15) is 52.4 Å². The summed E-state index contributed by atoms with van der Waals surface area (Å²) in [6.45, 7) is 3.90. The molecular weight excluding hydrogens is 206 g/mol. The van der Waals surface area contributed by atoms with E-state index in [9.17, 15) is 9.59 Å². The van der Waals surface area contributed by atoms with E-state index < -0.39 is 5.97 Å². The quantitative estimate of drug-likeness (QED) is 0.361. The van der Waals surface area contributed by atoms with Crippen molar-refractivity contribution in [2.24, 2.45) is 0 Å². The summed E-state index contributed by atoms with van der Waals surface area (Å²) in [5, 5.41) is 11.1. The van der Waals surface area contributed by atoms with E-state index in [1.807, 2.05) is 0 Å². The van der Waals surface area contributed by atoms with Crippen molar-refractivity contribution >= 4 is 12.4 Å². The van der Waals surface area contributed by atoms with Crippen LogP contribution in [0.25, 0.3) is 0 Å². The molecular formula is C12H21NO3. The van der Waals surface area contributed by atoms with E-state index in [2.05, 4.69) is 12.2 Å². The smallest absolute Gasteiger partial charge is 0.352 e. The standard InChI is InChI=1S/C12H21NO3/c1-3-4-5-6-7-8-10(2)11(12(15)16)13-9-14/h9H,3-8H2,1-2H3,(H,13,14)(H,15,16). The van der Waals surface area contributed by atoms with Gasteiger partial charge >= 0.3 is 5.97 Å². The lowest BCUT2D eigenvalue weighted by molar-refractivity contribution is -0.133. The van der Waals surface area contributed by atoms with Crippen molar-refractivity contribution < 1.29 is 14.7 Å². The lowest BCUT2D eigenvalue weighted by Gasteiger charge is -2.06. The van der Waals surface area contributed by atoms with Gasteiger partial charge in [-0.15, -0.1) is 0 Å². The monoisotopic (exact) mass is 227 g/mol. The second kappa shape index (κ2) is 8.95. The fourth-order valence-corrected chi connectivity index (χ4v) is 1.55. The Bertz CT molecular complexity index is 259. The molecule has 0 fully saturated rings. The van der Waals surface area contributed by atoms with Gasteiger partial charge in [-0.25, -0.2) is 4.79 Å². The van der Waals surface area contributed by atoms with Gasteiger partial charge in [-0.05, 0) is 25.3 Å². The highest BCUT2D eigenvalue weighted by atomic mass is 16.4. The molecule has 4 heteroatoms. The van der Waals surface area contributed by atoms with Crippen LogP contribution in [0.4, 0.5) is 0 Å². The number of carboxylic acid groups (broad SMARTS) is 1. The summed E-state index contributed by atoms with van der Waals surface area (Å²) >= 11 is 0. The van der Waals surface area contributed by atoms with Gasteiger partial charge in [-0.3, -0.25) is 4.79 Å². The Morgan fingerprint density at radius 3 is 2.38 bits per heavy atom. The van der Waals surface area contributed by atoms with Gasteiger partial charge in [-0.1, -0.05) is 32.6 Å². The van der Waals surface area contributed by atoms with Crippen LogP contribution in [0.5, 0.6) is 0 Å². The zero-order valence-corrected chi connectivity index (χ0v) is 10.1. The molecule has 0 bridgehead atoms. The summed E-state index contributed by atoms with van der Waals surface area (Å²) in [5.41, 5.74) is 0.751. The first-order valence-corrected chi connectivity index (χ1v) is 5.76. The summed E-state index contributed by atoms with van der Waals surface area (Å²) in [7, 11) is 0. The van der Waals surface area contributed by atoms with Gasteiger partial charge in [0.25, 0.3) is 0 Å². The number of carbonyl (C=O) groups excluding carboxylic acids is 1. The third kappa shape index (κ3) is 6.22. The molecule has 0 aromatic heterocycles. The Kier molecular flexibility index (Phi) is 8.21. The third-order valence-corrected chi connectivity index (χ3v) is 2.50. The van der Waals surface area contributed by atoms with Crippen molar-refractivity contribution in [3.63, 3.8) is 0 Å². The zero-order valence-electron chi connectivity index (χ0n) is 10.1. The predicted molar refractivity (Wildman–Crippen MR) is 62.9 cm³/mol. The highest BCUT2D eigenvalue weighted by molar-refractivity contribution is 5.89. The van der Waals surface area contributed by atoms with Crippen LogP contribution in [0.15, 0.2) is 11.3 Å². The number of hydrogen-bond donors (Lipinski definition) is 2. The van der Waals surface area contributed by atoms with E-state index in [0.717, 1.165) is 24.8 Å². The van der Waals surface area contributed by atoms with Crippen LogP contribution in [-0.2, 0) is 9.59 Å². The van der Waals surface area contributed by atoms with Gasteiger partial charge in [0.1, 0.15) is 5.70 Å². The summed E-state index contributed by atoms with van der Waals surface area (Å²) < 4.78 is 0. The normalized spacial score (nSPS) is 11.9. The van der Waals surface area contributed by atoms with E-state index >= 15 is 0 Å². The Morgan fingerprint density at radius 1 is 1.25 bits per heavy atom. The fraction of sp³-hybridized carbons (Fsp3) is 0.667. The molecule has 92 valence electrons. The van der Waals surface area contributed by atoms with Crippen molar-refractivity contribution in [1.82, 2.24) is 5.32 Å². The number of unbranched alkanes of at least 4 members (excludes halogenated alkanes) is 4. The highest BCUT2D eigenvalue weighted by Crippen LogP contribution is 2.13. The van der Waals surface area contributed by atoms with Gasteiger partial charge in [0.2, 0.25) is 6.41 Å². The molecule has 0 aliphatic rings. The minimum Gasteiger partial charge on any atom is -0.477 e. The maximum Gasteiger partial charge on any atom is 0.352 e. The number of carbonyl (C=O) groups is 2. The van der Waals surface area contributed by atoms with Gasteiger partial charge in [0.05, 0.1) is 0 Å². The first kappa shape index (κ1) is 14.7. The molecule has 0 aromatic rings.